The molecule has 0 amide bonds. The van der Waals surface area contributed by atoms with E-state index in [0.717, 1.165) is 12.1 Å². The van der Waals surface area contributed by atoms with Gasteiger partial charge in [-0.15, -0.1) is 0 Å². The lowest BCUT2D eigenvalue weighted by atomic mass is 10.2. The molecule has 1 aliphatic heterocycles. The van der Waals surface area contributed by atoms with E-state index in [9.17, 15) is 13.2 Å². The standard InChI is InChI=1S/C11H14N2O3S/c1-9-8-17(15,16)5-4-13(9)11-3-2-10(7-14)6-12-11/h2-3,6-7,9H,4-5,8H2,1H3. The van der Waals surface area contributed by atoms with Gasteiger partial charge in [0.05, 0.1) is 11.5 Å². The van der Waals surface area contributed by atoms with Crippen molar-refractivity contribution in [1.82, 2.24) is 4.98 Å². The molecule has 1 aromatic rings. The van der Waals surface area contributed by atoms with Gasteiger partial charge in [-0.05, 0) is 19.1 Å². The Balaban J connectivity index is 2.20. The highest BCUT2D eigenvalue weighted by Crippen LogP contribution is 2.19. The summed E-state index contributed by atoms with van der Waals surface area (Å²) >= 11 is 0. The molecule has 0 saturated carbocycles. The number of carbonyl (C=O) groups excluding carboxylic acids is 1. The fraction of sp³-hybridized carbons (Fsp3) is 0.455. The van der Waals surface area contributed by atoms with Crippen molar-refractivity contribution in [3.8, 4) is 0 Å². The van der Waals surface area contributed by atoms with Gasteiger partial charge in [-0.2, -0.15) is 0 Å². The second kappa shape index (κ2) is 4.44. The number of hydrogen-bond acceptors (Lipinski definition) is 5. The van der Waals surface area contributed by atoms with Crippen molar-refractivity contribution in [1.29, 1.82) is 0 Å². The van der Waals surface area contributed by atoms with E-state index in [1.54, 1.807) is 12.1 Å². The molecule has 1 unspecified atom stereocenters. The van der Waals surface area contributed by atoms with Crippen LogP contribution in [0.25, 0.3) is 0 Å². The number of pyridine rings is 1. The zero-order chi connectivity index (χ0) is 12.5. The fourth-order valence-electron chi connectivity index (χ4n) is 1.98. The Kier molecular flexibility index (Phi) is 3.15. The molecule has 1 aromatic heterocycles. The third-order valence-electron chi connectivity index (χ3n) is 2.87. The highest BCUT2D eigenvalue weighted by Gasteiger charge is 2.28. The van der Waals surface area contributed by atoms with Gasteiger partial charge in [0.2, 0.25) is 0 Å². The van der Waals surface area contributed by atoms with E-state index in [1.807, 2.05) is 11.8 Å². The summed E-state index contributed by atoms with van der Waals surface area (Å²) in [4.78, 5) is 16.6. The minimum Gasteiger partial charge on any atom is -0.352 e. The summed E-state index contributed by atoms with van der Waals surface area (Å²) in [7, 11) is -2.91. The first-order valence-corrected chi connectivity index (χ1v) is 7.22. The topological polar surface area (TPSA) is 67.3 Å². The molecular weight excluding hydrogens is 240 g/mol. The minimum absolute atomic E-state index is 0.0802. The average Bonchev–Trinajstić information content (AvgIpc) is 2.28. The number of sulfone groups is 1. The van der Waals surface area contributed by atoms with E-state index < -0.39 is 9.84 Å². The summed E-state index contributed by atoms with van der Waals surface area (Å²) in [5, 5.41) is 0. The molecule has 2 rings (SSSR count). The minimum atomic E-state index is -2.91. The Bertz CT molecular complexity index is 510. The van der Waals surface area contributed by atoms with Crippen molar-refractivity contribution in [2.24, 2.45) is 0 Å². The Morgan fingerprint density at radius 1 is 1.47 bits per heavy atom. The van der Waals surface area contributed by atoms with Crippen molar-refractivity contribution < 1.29 is 13.2 Å². The molecule has 1 aliphatic rings. The predicted molar refractivity (Wildman–Crippen MR) is 65.1 cm³/mol. The summed E-state index contributed by atoms with van der Waals surface area (Å²) < 4.78 is 22.9. The van der Waals surface area contributed by atoms with Crippen LogP contribution in [0.5, 0.6) is 0 Å². The third kappa shape index (κ3) is 2.63. The highest BCUT2D eigenvalue weighted by molar-refractivity contribution is 7.91. The highest BCUT2D eigenvalue weighted by atomic mass is 32.2. The summed E-state index contributed by atoms with van der Waals surface area (Å²) in [6, 6.07) is 3.35. The van der Waals surface area contributed by atoms with Crippen LogP contribution in [-0.4, -0.2) is 43.8 Å². The molecular formula is C11H14N2O3S. The van der Waals surface area contributed by atoms with Crippen LogP contribution in [0.1, 0.15) is 17.3 Å². The number of carbonyl (C=O) groups is 1. The zero-order valence-electron chi connectivity index (χ0n) is 9.54. The molecule has 0 bridgehead atoms. The van der Waals surface area contributed by atoms with Crippen LogP contribution in [-0.2, 0) is 9.84 Å². The number of hydrogen-bond donors (Lipinski definition) is 0. The van der Waals surface area contributed by atoms with Crippen LogP contribution < -0.4 is 4.90 Å². The lowest BCUT2D eigenvalue weighted by Crippen LogP contribution is -2.47. The quantitative estimate of drug-likeness (QED) is 0.720. The van der Waals surface area contributed by atoms with E-state index in [0.29, 0.717) is 12.1 Å². The van der Waals surface area contributed by atoms with E-state index in [-0.39, 0.29) is 17.5 Å². The van der Waals surface area contributed by atoms with Crippen LogP contribution in [0.15, 0.2) is 18.3 Å². The lowest BCUT2D eigenvalue weighted by Gasteiger charge is -2.34. The number of anilines is 1. The van der Waals surface area contributed by atoms with Crippen molar-refractivity contribution in [2.75, 3.05) is 23.0 Å². The summed E-state index contributed by atoms with van der Waals surface area (Å²) in [5.74, 6) is 1.04. The molecule has 0 aliphatic carbocycles. The second-order valence-corrected chi connectivity index (χ2v) is 6.45. The maximum atomic E-state index is 11.4. The first kappa shape index (κ1) is 12.0. The summed E-state index contributed by atoms with van der Waals surface area (Å²) in [6.45, 7) is 2.32. The molecule has 5 nitrogen and oxygen atoms in total. The van der Waals surface area contributed by atoms with E-state index in [4.69, 9.17) is 0 Å². The maximum Gasteiger partial charge on any atom is 0.154 e. The lowest BCUT2D eigenvalue weighted by molar-refractivity contribution is 0.112. The van der Waals surface area contributed by atoms with Gasteiger partial charge in [-0.25, -0.2) is 13.4 Å². The van der Waals surface area contributed by atoms with Crippen LogP contribution in [0.4, 0.5) is 5.82 Å². The van der Waals surface area contributed by atoms with Crippen molar-refractivity contribution >= 4 is 21.9 Å². The van der Waals surface area contributed by atoms with Crippen molar-refractivity contribution in [2.45, 2.75) is 13.0 Å². The Hall–Kier alpha value is -1.43. The van der Waals surface area contributed by atoms with Crippen LogP contribution in [0.3, 0.4) is 0 Å². The summed E-state index contributed by atoms with van der Waals surface area (Å²) in [6.07, 6.45) is 2.24. The fourth-order valence-corrected chi connectivity index (χ4v) is 3.53. The summed E-state index contributed by atoms with van der Waals surface area (Å²) in [5.41, 5.74) is 0.519. The Morgan fingerprint density at radius 3 is 2.76 bits per heavy atom. The average molecular weight is 254 g/mol. The van der Waals surface area contributed by atoms with Gasteiger partial charge in [0.1, 0.15) is 5.82 Å². The Morgan fingerprint density at radius 2 is 2.24 bits per heavy atom. The zero-order valence-corrected chi connectivity index (χ0v) is 10.4. The van der Waals surface area contributed by atoms with Gasteiger partial charge >= 0.3 is 0 Å². The number of rotatable bonds is 2. The first-order chi connectivity index (χ1) is 8.02. The number of aldehydes is 1. The third-order valence-corrected chi connectivity index (χ3v) is 4.67. The number of nitrogens with zero attached hydrogens (tertiary/aromatic N) is 2. The van der Waals surface area contributed by atoms with Gasteiger partial charge in [-0.3, -0.25) is 4.79 Å². The molecule has 0 aromatic carbocycles. The molecule has 6 heteroatoms. The van der Waals surface area contributed by atoms with E-state index in [2.05, 4.69) is 4.98 Å². The van der Waals surface area contributed by atoms with Crippen LogP contribution in [0, 0.1) is 0 Å². The first-order valence-electron chi connectivity index (χ1n) is 5.40. The molecule has 2 heterocycles. The molecule has 1 saturated heterocycles. The second-order valence-electron chi connectivity index (χ2n) is 4.22. The van der Waals surface area contributed by atoms with Crippen LogP contribution >= 0.6 is 0 Å². The monoisotopic (exact) mass is 254 g/mol. The predicted octanol–water partition coefficient (Wildman–Crippen LogP) is 0.517. The smallest absolute Gasteiger partial charge is 0.154 e. The van der Waals surface area contributed by atoms with Crippen molar-refractivity contribution in [3.05, 3.63) is 23.9 Å². The van der Waals surface area contributed by atoms with Gasteiger partial charge in [0.15, 0.2) is 16.1 Å². The number of aromatic nitrogens is 1. The molecule has 0 radical (unpaired) electrons. The van der Waals surface area contributed by atoms with Crippen LogP contribution in [0.2, 0.25) is 0 Å². The van der Waals surface area contributed by atoms with Crippen molar-refractivity contribution in [3.63, 3.8) is 0 Å². The van der Waals surface area contributed by atoms with E-state index in [1.165, 1.54) is 6.20 Å². The molecule has 0 spiro atoms. The van der Waals surface area contributed by atoms with E-state index >= 15 is 0 Å². The molecule has 17 heavy (non-hydrogen) atoms. The van der Waals surface area contributed by atoms with Gasteiger partial charge < -0.3 is 4.90 Å². The molecule has 0 N–H and O–H groups in total. The van der Waals surface area contributed by atoms with Gasteiger partial charge in [0.25, 0.3) is 0 Å². The van der Waals surface area contributed by atoms with Gasteiger partial charge in [-0.1, -0.05) is 0 Å². The normalized spacial score (nSPS) is 23.4. The SMILES string of the molecule is CC1CS(=O)(=O)CCN1c1ccc(C=O)cn1. The maximum absolute atomic E-state index is 11.4. The molecule has 1 fully saturated rings. The molecule has 92 valence electrons. The largest absolute Gasteiger partial charge is 0.352 e. The Labute approximate surface area is 100 Å². The molecule has 1 atom stereocenters. The van der Waals surface area contributed by atoms with Gasteiger partial charge in [0, 0.05) is 24.3 Å².